The Hall–Kier alpha value is -6.31. The number of carbonyl (C=O) groups is 4. The molecular weight excluding hydrogens is 938 g/mol. The van der Waals surface area contributed by atoms with Gasteiger partial charge in [0.1, 0.15) is 30.4 Å². The summed E-state index contributed by atoms with van der Waals surface area (Å²) in [7, 11) is -4.90. The molecule has 1 saturated carbocycles. The number of amides is 3. The lowest BCUT2D eigenvalue weighted by atomic mass is 9.93. The first kappa shape index (κ1) is 46.7. The van der Waals surface area contributed by atoms with Crippen molar-refractivity contribution in [3.8, 4) is 11.1 Å². The van der Waals surface area contributed by atoms with Crippen molar-refractivity contribution in [2.75, 3.05) is 17.1 Å². The Balaban J connectivity index is 1.39. The summed E-state index contributed by atoms with van der Waals surface area (Å²) < 4.78 is 171. The van der Waals surface area contributed by atoms with E-state index in [1.165, 1.54) is 19.1 Å². The molecule has 346 valence electrons. The van der Waals surface area contributed by atoms with Crippen LogP contribution in [0.25, 0.3) is 22.0 Å². The maximum atomic E-state index is 15.4. The van der Waals surface area contributed by atoms with Crippen LogP contribution in [0.1, 0.15) is 52.3 Å². The fourth-order valence-electron chi connectivity index (χ4n) is 7.89. The average Bonchev–Trinajstić information content (AvgIpc) is 3.68. The zero-order valence-corrected chi connectivity index (χ0v) is 34.5. The zero-order valence-electron chi connectivity index (χ0n) is 33.0. The Kier molecular flexibility index (Phi) is 11.7. The maximum Gasteiger partial charge on any atom is 0.435 e. The van der Waals surface area contributed by atoms with Gasteiger partial charge in [-0.05, 0) is 55.5 Å². The molecule has 27 heteroatoms. The predicted octanol–water partition coefficient (Wildman–Crippen LogP) is 5.92. The maximum absolute atomic E-state index is 15.4. The van der Waals surface area contributed by atoms with Crippen molar-refractivity contribution >= 4 is 62.0 Å². The average molecular weight is 967 g/mol. The number of hydrogen-bond donors (Lipinski definition) is 3. The van der Waals surface area contributed by atoms with E-state index < -0.39 is 146 Å². The number of benzene rings is 2. The van der Waals surface area contributed by atoms with Crippen LogP contribution in [-0.4, -0.2) is 80.7 Å². The summed E-state index contributed by atoms with van der Waals surface area (Å²) in [5.74, 6) is -16.4. The molecule has 15 nitrogen and oxygen atoms in total. The molecule has 2 aromatic carbocycles. The first-order valence-electron chi connectivity index (χ1n) is 18.6. The molecule has 0 aliphatic heterocycles. The number of sulfonamides is 1. The third-order valence-electron chi connectivity index (χ3n) is 10.4. The van der Waals surface area contributed by atoms with Crippen LogP contribution >= 0.6 is 11.6 Å². The number of halogens is 11. The Morgan fingerprint density at radius 3 is 2.23 bits per heavy atom. The number of aromatic nitrogens is 5. The van der Waals surface area contributed by atoms with Gasteiger partial charge in [0, 0.05) is 34.4 Å². The van der Waals surface area contributed by atoms with Gasteiger partial charge >= 0.3 is 24.2 Å². The third kappa shape index (κ3) is 9.17. The van der Waals surface area contributed by atoms with E-state index in [0.29, 0.717) is 12.3 Å². The molecule has 7 rings (SSSR count). The SMILES string of the molecule is Cc1ccc(-c2ccc(Cl)c3c(N(C(=O)CNC(=O)C(=O)O)S(C)(=O)=O)nn(CC(F)(F)F)c23)c([C@H](Cc2cc(F)cc(F)c2)NC(=O)Cn2nc(C(F)(F)F)c3c2C(F)(F)C2C[C@H]32)n1. The van der Waals surface area contributed by atoms with Crippen LogP contribution in [-0.2, 0) is 60.8 Å². The number of fused-ring (bicyclic) bond motifs is 4. The lowest BCUT2D eigenvalue weighted by molar-refractivity contribution is -0.150. The molecule has 0 bridgehead atoms. The number of carboxylic acid groups (broad SMARTS) is 1. The van der Waals surface area contributed by atoms with Gasteiger partial charge in [-0.1, -0.05) is 23.7 Å². The van der Waals surface area contributed by atoms with Crippen molar-refractivity contribution in [1.29, 1.82) is 0 Å². The fourth-order valence-corrected chi connectivity index (χ4v) is 9.00. The number of nitrogens with zero attached hydrogens (tertiary/aromatic N) is 6. The molecule has 0 saturated heterocycles. The summed E-state index contributed by atoms with van der Waals surface area (Å²) in [6.07, 6.45) is -10.7. The van der Waals surface area contributed by atoms with Crippen molar-refractivity contribution < 1.29 is 76.6 Å². The zero-order chi connectivity index (χ0) is 47.9. The van der Waals surface area contributed by atoms with Crippen LogP contribution in [0.15, 0.2) is 42.5 Å². The van der Waals surface area contributed by atoms with Crippen LogP contribution in [0, 0.1) is 24.5 Å². The predicted molar refractivity (Wildman–Crippen MR) is 205 cm³/mol. The van der Waals surface area contributed by atoms with E-state index in [4.69, 9.17) is 16.7 Å². The lowest BCUT2D eigenvalue weighted by Crippen LogP contribution is -2.45. The largest absolute Gasteiger partial charge is 0.474 e. The van der Waals surface area contributed by atoms with E-state index in [2.05, 4.69) is 20.5 Å². The highest BCUT2D eigenvalue weighted by molar-refractivity contribution is 7.92. The van der Waals surface area contributed by atoms with E-state index >= 15 is 8.78 Å². The second-order valence-electron chi connectivity index (χ2n) is 15.1. The third-order valence-corrected chi connectivity index (χ3v) is 11.7. The summed E-state index contributed by atoms with van der Waals surface area (Å²) in [6, 6.07) is 5.25. The van der Waals surface area contributed by atoms with E-state index in [1.807, 2.05) is 0 Å². The number of rotatable bonds is 12. The highest BCUT2D eigenvalue weighted by Crippen LogP contribution is 2.68. The quantitative estimate of drug-likeness (QED) is 0.0997. The van der Waals surface area contributed by atoms with Crippen LogP contribution < -0.4 is 14.9 Å². The lowest BCUT2D eigenvalue weighted by Gasteiger charge is -2.23. The number of aliphatic carboxylic acids is 1. The summed E-state index contributed by atoms with van der Waals surface area (Å²) in [5.41, 5.74) is -5.02. The highest BCUT2D eigenvalue weighted by Gasteiger charge is 2.68. The van der Waals surface area contributed by atoms with Gasteiger partial charge in [0.15, 0.2) is 11.5 Å². The van der Waals surface area contributed by atoms with E-state index in [9.17, 15) is 62.7 Å². The molecule has 2 aliphatic rings. The van der Waals surface area contributed by atoms with Crippen molar-refractivity contribution in [3.63, 3.8) is 0 Å². The Morgan fingerprint density at radius 1 is 0.985 bits per heavy atom. The molecular formula is C38H29ClF10N8O7S. The number of hydrogen-bond acceptors (Lipinski definition) is 9. The first-order valence-corrected chi connectivity index (χ1v) is 20.9. The van der Waals surface area contributed by atoms with Gasteiger partial charge in [0.2, 0.25) is 15.9 Å². The van der Waals surface area contributed by atoms with Gasteiger partial charge in [0.05, 0.1) is 40.5 Å². The van der Waals surface area contributed by atoms with E-state index in [-0.39, 0.29) is 48.2 Å². The second-order valence-corrected chi connectivity index (χ2v) is 17.4. The molecule has 3 aromatic heterocycles. The summed E-state index contributed by atoms with van der Waals surface area (Å²) in [5, 5.41) is 19.0. The second kappa shape index (κ2) is 16.3. The number of carboxylic acids is 1. The number of anilines is 1. The standard InChI is InChI=1S/C38H29ClF10N8O7S/c1-15-3-4-19(20-5-6-23(39)28-30(20)56(14-36(42,43)44)54-33(28)57(65(2,63)64)26(59)12-50-34(60)35(61)62)29(51-15)24(9-16-7-17(40)10-18(41)8-16)52-25(58)13-55-32-27(31(53-55)38(47,48)49)21-11-22(21)37(32,45)46/h3-8,10,21-22,24H,9,11-14H2,1-2H3,(H,50,60)(H,52,58)(H,61,62)/t21-,22?,24-/m0/s1. The van der Waals surface area contributed by atoms with Gasteiger partial charge in [-0.25, -0.2) is 22.0 Å². The minimum absolute atomic E-state index is 0.126. The summed E-state index contributed by atoms with van der Waals surface area (Å²) in [4.78, 5) is 54.4. The van der Waals surface area contributed by atoms with Crippen LogP contribution in [0.5, 0.6) is 0 Å². The molecule has 0 spiro atoms. The van der Waals surface area contributed by atoms with Crippen LogP contribution in [0.2, 0.25) is 5.02 Å². The molecule has 65 heavy (non-hydrogen) atoms. The normalized spacial score (nSPS) is 17.1. The topological polar surface area (TPSA) is 198 Å². The highest BCUT2D eigenvalue weighted by atomic mass is 35.5. The summed E-state index contributed by atoms with van der Waals surface area (Å²) >= 11 is 6.50. The Morgan fingerprint density at radius 2 is 1.63 bits per heavy atom. The van der Waals surface area contributed by atoms with E-state index in [0.717, 1.165) is 24.3 Å². The molecule has 1 fully saturated rings. The first-order chi connectivity index (χ1) is 30.1. The Bertz CT molecular complexity index is 2920. The number of carbonyl (C=O) groups excluding carboxylic acids is 3. The van der Waals surface area contributed by atoms with Crippen LogP contribution in [0.4, 0.5) is 49.7 Å². The molecule has 3 heterocycles. The number of pyridine rings is 1. The summed E-state index contributed by atoms with van der Waals surface area (Å²) in [6.45, 7) is -3.15. The Labute approximate surface area is 363 Å². The number of nitrogens with one attached hydrogen (secondary N) is 2. The van der Waals surface area contributed by atoms with E-state index in [1.54, 1.807) is 5.32 Å². The van der Waals surface area contributed by atoms with Crippen molar-refractivity contribution in [3.05, 3.63) is 93.0 Å². The van der Waals surface area contributed by atoms with Gasteiger partial charge in [-0.15, -0.1) is 0 Å². The minimum atomic E-state index is -5.19. The minimum Gasteiger partial charge on any atom is -0.474 e. The van der Waals surface area contributed by atoms with Gasteiger partial charge in [-0.3, -0.25) is 28.7 Å². The molecule has 5 aromatic rings. The van der Waals surface area contributed by atoms with Crippen LogP contribution in [0.3, 0.4) is 0 Å². The smallest absolute Gasteiger partial charge is 0.435 e. The van der Waals surface area contributed by atoms with Gasteiger partial charge in [0.25, 0.3) is 11.8 Å². The molecule has 3 N–H and O–H groups in total. The molecule has 0 radical (unpaired) electrons. The van der Waals surface area contributed by atoms with Crippen molar-refractivity contribution in [1.82, 2.24) is 35.2 Å². The van der Waals surface area contributed by atoms with Gasteiger partial charge in [-0.2, -0.15) is 49.6 Å². The van der Waals surface area contributed by atoms with Gasteiger partial charge < -0.3 is 15.7 Å². The molecule has 1 unspecified atom stereocenters. The van der Waals surface area contributed by atoms with Crippen molar-refractivity contribution in [2.45, 2.75) is 63.1 Å². The molecule has 2 aliphatic carbocycles. The molecule has 3 atom stereocenters. The number of aryl methyl sites for hydroxylation is 1. The van der Waals surface area contributed by atoms with Crippen molar-refractivity contribution in [2.24, 2.45) is 5.92 Å². The molecule has 3 amide bonds. The monoisotopic (exact) mass is 966 g/mol. The fraction of sp³-hybridized carbons (Fsp3) is 0.342. The number of alkyl halides is 8.